The topological polar surface area (TPSA) is 46.5 Å². The zero-order chi connectivity index (χ0) is 13.6. The lowest BCUT2D eigenvalue weighted by atomic mass is 9.76. The largest absolute Gasteiger partial charge is 0.462 e. The van der Waals surface area contributed by atoms with Crippen molar-refractivity contribution in [2.75, 3.05) is 0 Å². The second-order valence-electron chi connectivity index (χ2n) is 7.09. The predicted octanol–water partition coefficient (Wildman–Crippen LogP) is 2.76. The van der Waals surface area contributed by atoms with Crippen molar-refractivity contribution in [3.63, 3.8) is 0 Å². The molecule has 3 nitrogen and oxygen atoms in total. The summed E-state index contributed by atoms with van der Waals surface area (Å²) in [7, 11) is 0. The van der Waals surface area contributed by atoms with Crippen molar-refractivity contribution in [3.05, 3.63) is 0 Å². The highest BCUT2D eigenvalue weighted by atomic mass is 16.5. The molecular formula is C16H26O3. The summed E-state index contributed by atoms with van der Waals surface area (Å²) >= 11 is 0. The summed E-state index contributed by atoms with van der Waals surface area (Å²) in [6.07, 6.45) is 5.38. The molecule has 3 saturated carbocycles. The van der Waals surface area contributed by atoms with Crippen LogP contribution >= 0.6 is 0 Å². The Hall–Kier alpha value is -0.570. The summed E-state index contributed by atoms with van der Waals surface area (Å²) in [5.41, 5.74) is 0. The summed E-state index contributed by atoms with van der Waals surface area (Å²) in [6, 6.07) is 0. The molecule has 1 N–H and O–H groups in total. The van der Waals surface area contributed by atoms with Gasteiger partial charge >= 0.3 is 5.97 Å². The number of hydrogen-bond donors (Lipinski definition) is 1. The molecule has 3 fully saturated rings. The summed E-state index contributed by atoms with van der Waals surface area (Å²) in [5, 5.41) is 9.48. The zero-order valence-electron chi connectivity index (χ0n) is 12.0. The molecular weight excluding hydrogens is 240 g/mol. The third kappa shape index (κ3) is 2.42. The van der Waals surface area contributed by atoms with E-state index in [0.717, 1.165) is 43.9 Å². The van der Waals surface area contributed by atoms with Gasteiger partial charge in [-0.3, -0.25) is 4.79 Å². The van der Waals surface area contributed by atoms with Gasteiger partial charge in [0, 0.05) is 0 Å². The maximum Gasteiger partial charge on any atom is 0.309 e. The maximum atomic E-state index is 12.4. The Labute approximate surface area is 115 Å². The molecule has 0 spiro atoms. The van der Waals surface area contributed by atoms with Crippen molar-refractivity contribution in [2.24, 2.45) is 29.6 Å². The highest BCUT2D eigenvalue weighted by Gasteiger charge is 2.51. The molecule has 5 unspecified atom stereocenters. The van der Waals surface area contributed by atoms with Crippen LogP contribution in [-0.2, 0) is 9.53 Å². The molecule has 0 aromatic rings. The second kappa shape index (κ2) is 5.08. The molecule has 0 amide bonds. The van der Waals surface area contributed by atoms with Crippen molar-refractivity contribution in [3.8, 4) is 0 Å². The minimum absolute atomic E-state index is 0.0487. The fourth-order valence-electron chi connectivity index (χ4n) is 4.63. The summed E-state index contributed by atoms with van der Waals surface area (Å²) in [4.78, 5) is 12.4. The van der Waals surface area contributed by atoms with Gasteiger partial charge in [-0.15, -0.1) is 0 Å². The minimum Gasteiger partial charge on any atom is -0.462 e. The third-order valence-electron chi connectivity index (χ3n) is 6.13. The number of fused-ring (bicyclic) bond motifs is 2. The van der Waals surface area contributed by atoms with Crippen LogP contribution < -0.4 is 0 Å². The smallest absolute Gasteiger partial charge is 0.309 e. The average molecular weight is 266 g/mol. The second-order valence-corrected chi connectivity index (χ2v) is 7.09. The number of aliphatic hydroxyl groups excluding tert-OH is 1. The van der Waals surface area contributed by atoms with Gasteiger partial charge in [0.05, 0.1) is 12.0 Å². The summed E-state index contributed by atoms with van der Waals surface area (Å²) in [6.45, 7) is 4.63. The Morgan fingerprint density at radius 3 is 2.32 bits per heavy atom. The van der Waals surface area contributed by atoms with Gasteiger partial charge in [-0.05, 0) is 62.2 Å². The standard InChI is InChI=1S/C16H26O3/c1-9-10(2)14-7-11(9)8-15(14)16(18)19-13-5-3-12(17)4-6-13/h9-15,17H,3-8H2,1-2H3. The number of carbonyl (C=O) groups excluding carboxylic acids is 1. The Morgan fingerprint density at radius 2 is 1.74 bits per heavy atom. The molecule has 3 aliphatic rings. The Bertz CT molecular complexity index is 344. The molecule has 0 aromatic heterocycles. The fraction of sp³-hybridized carbons (Fsp3) is 0.938. The van der Waals surface area contributed by atoms with E-state index in [4.69, 9.17) is 4.74 Å². The van der Waals surface area contributed by atoms with Crippen molar-refractivity contribution >= 4 is 5.97 Å². The van der Waals surface area contributed by atoms with E-state index in [-0.39, 0.29) is 24.1 Å². The monoisotopic (exact) mass is 266 g/mol. The molecule has 0 saturated heterocycles. The van der Waals surface area contributed by atoms with Crippen LogP contribution in [-0.4, -0.2) is 23.3 Å². The number of ether oxygens (including phenoxy) is 1. The summed E-state index contributed by atoms with van der Waals surface area (Å²) < 4.78 is 5.71. The first kappa shape index (κ1) is 13.4. The van der Waals surface area contributed by atoms with Crippen molar-refractivity contribution in [2.45, 2.75) is 64.6 Å². The van der Waals surface area contributed by atoms with E-state index < -0.39 is 0 Å². The summed E-state index contributed by atoms with van der Waals surface area (Å²) in [5.74, 6) is 2.95. The molecule has 3 rings (SSSR count). The zero-order valence-corrected chi connectivity index (χ0v) is 12.0. The van der Waals surface area contributed by atoms with Crippen LogP contribution in [0.1, 0.15) is 52.4 Å². The first-order valence-corrected chi connectivity index (χ1v) is 7.94. The SMILES string of the molecule is CC1C2CC(C(=O)OC3CCC(O)CC3)C(C2)C1C. The molecule has 19 heavy (non-hydrogen) atoms. The first-order chi connectivity index (χ1) is 9.06. The van der Waals surface area contributed by atoms with Gasteiger partial charge in [0.2, 0.25) is 0 Å². The molecule has 0 radical (unpaired) electrons. The first-order valence-electron chi connectivity index (χ1n) is 7.94. The number of hydrogen-bond acceptors (Lipinski definition) is 3. The fourth-order valence-corrected chi connectivity index (χ4v) is 4.63. The van der Waals surface area contributed by atoms with Crippen molar-refractivity contribution in [1.29, 1.82) is 0 Å². The maximum absolute atomic E-state index is 12.4. The molecule has 0 heterocycles. The van der Waals surface area contributed by atoms with Crippen molar-refractivity contribution in [1.82, 2.24) is 0 Å². The molecule has 3 aliphatic carbocycles. The van der Waals surface area contributed by atoms with Crippen LogP contribution in [0, 0.1) is 29.6 Å². The van der Waals surface area contributed by atoms with Gasteiger partial charge in [-0.1, -0.05) is 13.8 Å². The van der Waals surface area contributed by atoms with E-state index in [1.807, 2.05) is 0 Å². The number of aliphatic hydroxyl groups is 1. The van der Waals surface area contributed by atoms with Crippen molar-refractivity contribution < 1.29 is 14.6 Å². The normalized spacial score (nSPS) is 49.3. The van der Waals surface area contributed by atoms with Crippen LogP contribution in [0.25, 0.3) is 0 Å². The molecule has 5 atom stereocenters. The van der Waals surface area contributed by atoms with Crippen LogP contribution in [0.15, 0.2) is 0 Å². The number of carbonyl (C=O) groups is 1. The predicted molar refractivity (Wildman–Crippen MR) is 72.4 cm³/mol. The van der Waals surface area contributed by atoms with Gasteiger partial charge in [0.15, 0.2) is 0 Å². The van der Waals surface area contributed by atoms with Gasteiger partial charge in [0.1, 0.15) is 6.10 Å². The highest BCUT2D eigenvalue weighted by Crippen LogP contribution is 2.55. The molecule has 0 aromatic carbocycles. The molecule has 0 aliphatic heterocycles. The lowest BCUT2D eigenvalue weighted by Crippen LogP contribution is -2.34. The molecule has 2 bridgehead atoms. The van der Waals surface area contributed by atoms with Crippen LogP contribution in [0.5, 0.6) is 0 Å². The Kier molecular flexibility index (Phi) is 3.59. The Balaban J connectivity index is 1.54. The van der Waals surface area contributed by atoms with E-state index in [9.17, 15) is 9.90 Å². The van der Waals surface area contributed by atoms with E-state index in [1.165, 1.54) is 6.42 Å². The number of esters is 1. The van der Waals surface area contributed by atoms with Crippen LogP contribution in [0.4, 0.5) is 0 Å². The van der Waals surface area contributed by atoms with E-state index in [0.29, 0.717) is 11.8 Å². The lowest BCUT2D eigenvalue weighted by Gasteiger charge is -2.32. The van der Waals surface area contributed by atoms with Gasteiger partial charge in [0.25, 0.3) is 0 Å². The lowest BCUT2D eigenvalue weighted by molar-refractivity contribution is -0.159. The van der Waals surface area contributed by atoms with E-state index in [1.54, 1.807) is 0 Å². The quantitative estimate of drug-likeness (QED) is 0.782. The molecule has 3 heteroatoms. The average Bonchev–Trinajstić information content (AvgIpc) is 2.94. The minimum atomic E-state index is -0.182. The van der Waals surface area contributed by atoms with E-state index >= 15 is 0 Å². The third-order valence-corrected chi connectivity index (χ3v) is 6.13. The highest BCUT2D eigenvalue weighted by molar-refractivity contribution is 5.73. The Morgan fingerprint density at radius 1 is 1.05 bits per heavy atom. The van der Waals surface area contributed by atoms with Gasteiger partial charge in [-0.25, -0.2) is 0 Å². The van der Waals surface area contributed by atoms with E-state index in [2.05, 4.69) is 13.8 Å². The van der Waals surface area contributed by atoms with Crippen LogP contribution in [0.3, 0.4) is 0 Å². The van der Waals surface area contributed by atoms with Gasteiger partial charge < -0.3 is 9.84 Å². The molecule has 108 valence electrons. The number of rotatable bonds is 2. The van der Waals surface area contributed by atoms with Crippen LogP contribution in [0.2, 0.25) is 0 Å². The van der Waals surface area contributed by atoms with Gasteiger partial charge in [-0.2, -0.15) is 0 Å².